The van der Waals surface area contributed by atoms with Crippen LogP contribution in [0.3, 0.4) is 0 Å². The van der Waals surface area contributed by atoms with Crippen LogP contribution in [0.2, 0.25) is 5.02 Å². The van der Waals surface area contributed by atoms with Crippen molar-refractivity contribution in [3.05, 3.63) is 29.3 Å². The summed E-state index contributed by atoms with van der Waals surface area (Å²) in [7, 11) is -3.58. The van der Waals surface area contributed by atoms with E-state index in [9.17, 15) is 13.2 Å². The molecular formula is C10H13ClN2O3S. The van der Waals surface area contributed by atoms with Crippen molar-refractivity contribution in [3.63, 3.8) is 0 Å². The van der Waals surface area contributed by atoms with Crippen molar-refractivity contribution >= 4 is 33.2 Å². The van der Waals surface area contributed by atoms with E-state index in [1.165, 1.54) is 13.0 Å². The molecule has 0 aliphatic heterocycles. The van der Waals surface area contributed by atoms with Crippen molar-refractivity contribution in [1.29, 1.82) is 0 Å². The van der Waals surface area contributed by atoms with Crippen LogP contribution in [-0.4, -0.2) is 26.6 Å². The number of sulfonamides is 1. The van der Waals surface area contributed by atoms with Crippen LogP contribution in [0.15, 0.2) is 24.3 Å². The maximum Gasteiger partial charge on any atom is 0.238 e. The molecule has 94 valence electrons. The number of nitrogens with zero attached hydrogens (tertiary/aromatic N) is 1. The Hall–Kier alpha value is -1.27. The largest absolute Gasteiger partial charge is 0.368 e. The third kappa shape index (κ3) is 3.34. The Kier molecular flexibility index (Phi) is 4.36. The number of anilines is 1. The van der Waals surface area contributed by atoms with Gasteiger partial charge in [0.05, 0.1) is 16.5 Å². The van der Waals surface area contributed by atoms with E-state index in [4.69, 9.17) is 17.3 Å². The number of hydrogen-bond acceptors (Lipinski definition) is 3. The zero-order chi connectivity index (χ0) is 13.1. The number of benzene rings is 1. The number of primary amides is 1. The van der Waals surface area contributed by atoms with Gasteiger partial charge < -0.3 is 5.73 Å². The summed E-state index contributed by atoms with van der Waals surface area (Å²) in [5.74, 6) is -0.868. The molecule has 0 radical (unpaired) electrons. The Morgan fingerprint density at radius 3 is 2.47 bits per heavy atom. The van der Waals surface area contributed by atoms with Crippen LogP contribution in [0.25, 0.3) is 0 Å². The monoisotopic (exact) mass is 276 g/mol. The van der Waals surface area contributed by atoms with Gasteiger partial charge >= 0.3 is 0 Å². The standard InChI is InChI=1S/C10H13ClN2O3S/c1-2-17(15,16)13(7-10(12)14)9-6-4-3-5-8(9)11/h3-6H,2,7H2,1H3,(H2,12,14). The molecule has 5 nitrogen and oxygen atoms in total. The number of halogens is 1. The summed E-state index contributed by atoms with van der Waals surface area (Å²) in [5, 5.41) is 0.255. The molecule has 0 spiro atoms. The molecule has 17 heavy (non-hydrogen) atoms. The summed E-state index contributed by atoms with van der Waals surface area (Å²) < 4.78 is 24.6. The summed E-state index contributed by atoms with van der Waals surface area (Å²) in [6, 6.07) is 6.39. The highest BCUT2D eigenvalue weighted by Gasteiger charge is 2.23. The van der Waals surface area contributed by atoms with E-state index in [0.717, 1.165) is 4.31 Å². The summed E-state index contributed by atoms with van der Waals surface area (Å²) in [5.41, 5.74) is 5.30. The molecule has 1 aromatic rings. The highest BCUT2D eigenvalue weighted by atomic mass is 35.5. The Morgan fingerprint density at radius 1 is 1.41 bits per heavy atom. The molecule has 0 aromatic heterocycles. The Morgan fingerprint density at radius 2 is 2.00 bits per heavy atom. The predicted octanol–water partition coefficient (Wildman–Crippen LogP) is 0.981. The van der Waals surface area contributed by atoms with Crippen LogP contribution in [0.5, 0.6) is 0 Å². The average Bonchev–Trinajstić information content (AvgIpc) is 2.26. The maximum absolute atomic E-state index is 11.8. The smallest absolute Gasteiger partial charge is 0.238 e. The number of para-hydroxylation sites is 1. The molecule has 0 fully saturated rings. The molecule has 1 rings (SSSR count). The highest BCUT2D eigenvalue weighted by Crippen LogP contribution is 2.27. The van der Waals surface area contributed by atoms with Crippen LogP contribution in [0.4, 0.5) is 5.69 Å². The molecule has 2 N–H and O–H groups in total. The molecule has 1 aromatic carbocycles. The maximum atomic E-state index is 11.8. The summed E-state index contributed by atoms with van der Waals surface area (Å²) in [6.45, 7) is 1.07. The molecular weight excluding hydrogens is 264 g/mol. The molecule has 1 amide bonds. The first-order valence-electron chi connectivity index (χ1n) is 4.91. The van der Waals surface area contributed by atoms with Gasteiger partial charge in [-0.05, 0) is 19.1 Å². The Bertz CT molecular complexity index is 516. The van der Waals surface area contributed by atoms with Crippen molar-refractivity contribution in [1.82, 2.24) is 0 Å². The molecule has 0 atom stereocenters. The number of carbonyl (C=O) groups is 1. The summed E-state index contributed by atoms with van der Waals surface area (Å²) >= 11 is 5.91. The number of carbonyl (C=O) groups excluding carboxylic acids is 1. The van der Waals surface area contributed by atoms with Gasteiger partial charge in [-0.15, -0.1) is 0 Å². The van der Waals surface area contributed by atoms with Crippen LogP contribution in [0, 0.1) is 0 Å². The molecule has 7 heteroatoms. The summed E-state index contributed by atoms with van der Waals surface area (Å²) in [4.78, 5) is 10.9. The van der Waals surface area contributed by atoms with E-state index >= 15 is 0 Å². The number of rotatable bonds is 5. The normalized spacial score (nSPS) is 11.2. The lowest BCUT2D eigenvalue weighted by atomic mass is 10.3. The number of amides is 1. The van der Waals surface area contributed by atoms with E-state index < -0.39 is 22.5 Å². The van der Waals surface area contributed by atoms with E-state index in [1.54, 1.807) is 18.2 Å². The second-order valence-corrected chi connectivity index (χ2v) is 5.91. The zero-order valence-corrected chi connectivity index (χ0v) is 10.8. The van der Waals surface area contributed by atoms with Crippen molar-refractivity contribution in [2.24, 2.45) is 5.73 Å². The lowest BCUT2D eigenvalue weighted by Crippen LogP contribution is -2.39. The van der Waals surface area contributed by atoms with Gasteiger partial charge in [-0.2, -0.15) is 0 Å². The van der Waals surface area contributed by atoms with Gasteiger partial charge in [0.15, 0.2) is 0 Å². The van der Waals surface area contributed by atoms with Crippen molar-refractivity contribution in [2.45, 2.75) is 6.92 Å². The molecule has 0 saturated carbocycles. The van der Waals surface area contributed by atoms with Crippen LogP contribution in [-0.2, 0) is 14.8 Å². The SMILES string of the molecule is CCS(=O)(=O)N(CC(N)=O)c1ccccc1Cl. The van der Waals surface area contributed by atoms with Gasteiger partial charge in [-0.1, -0.05) is 23.7 Å². The highest BCUT2D eigenvalue weighted by molar-refractivity contribution is 7.92. The lowest BCUT2D eigenvalue weighted by molar-refractivity contribution is -0.116. The molecule has 0 saturated heterocycles. The third-order valence-electron chi connectivity index (χ3n) is 2.12. The lowest BCUT2D eigenvalue weighted by Gasteiger charge is -2.23. The third-order valence-corrected chi connectivity index (χ3v) is 4.17. The number of nitrogens with two attached hydrogens (primary N) is 1. The molecule has 0 bridgehead atoms. The second kappa shape index (κ2) is 5.37. The fraction of sp³-hybridized carbons (Fsp3) is 0.300. The molecule has 0 unspecified atom stereocenters. The van der Waals surface area contributed by atoms with Gasteiger partial charge in [0.25, 0.3) is 0 Å². The van der Waals surface area contributed by atoms with Gasteiger partial charge in [0.1, 0.15) is 6.54 Å². The summed E-state index contributed by atoms with van der Waals surface area (Å²) in [6.07, 6.45) is 0. The van der Waals surface area contributed by atoms with Crippen LogP contribution in [0.1, 0.15) is 6.92 Å². The van der Waals surface area contributed by atoms with Crippen LogP contribution < -0.4 is 10.0 Å². The van der Waals surface area contributed by atoms with E-state index in [-0.39, 0.29) is 16.5 Å². The van der Waals surface area contributed by atoms with Gasteiger partial charge in [0, 0.05) is 0 Å². The first-order valence-corrected chi connectivity index (χ1v) is 6.90. The Balaban J connectivity index is 3.25. The Labute approximate surface area is 105 Å². The fourth-order valence-electron chi connectivity index (χ4n) is 1.28. The van der Waals surface area contributed by atoms with Gasteiger partial charge in [-0.25, -0.2) is 8.42 Å². The number of hydrogen-bond donors (Lipinski definition) is 1. The van der Waals surface area contributed by atoms with Crippen molar-refractivity contribution in [3.8, 4) is 0 Å². The topological polar surface area (TPSA) is 80.5 Å². The zero-order valence-electron chi connectivity index (χ0n) is 9.26. The van der Waals surface area contributed by atoms with Crippen molar-refractivity contribution < 1.29 is 13.2 Å². The minimum atomic E-state index is -3.58. The van der Waals surface area contributed by atoms with E-state index in [2.05, 4.69) is 0 Å². The van der Waals surface area contributed by atoms with Crippen LogP contribution >= 0.6 is 11.6 Å². The molecule has 0 aliphatic rings. The van der Waals surface area contributed by atoms with Gasteiger partial charge in [0.2, 0.25) is 15.9 Å². The minimum Gasteiger partial charge on any atom is -0.368 e. The fourth-order valence-corrected chi connectivity index (χ4v) is 2.67. The minimum absolute atomic E-state index is 0.133. The van der Waals surface area contributed by atoms with Gasteiger partial charge in [-0.3, -0.25) is 9.10 Å². The molecule has 0 heterocycles. The second-order valence-electron chi connectivity index (χ2n) is 3.32. The first kappa shape index (κ1) is 13.8. The predicted molar refractivity (Wildman–Crippen MR) is 67.5 cm³/mol. The van der Waals surface area contributed by atoms with E-state index in [1.807, 2.05) is 0 Å². The first-order chi connectivity index (χ1) is 7.88. The van der Waals surface area contributed by atoms with E-state index in [0.29, 0.717) is 0 Å². The molecule has 0 aliphatic carbocycles. The van der Waals surface area contributed by atoms with Crippen molar-refractivity contribution in [2.75, 3.05) is 16.6 Å². The average molecular weight is 277 g/mol. The quantitative estimate of drug-likeness (QED) is 0.870.